The number of hydrogen-bond donors (Lipinski definition) is 0. The summed E-state index contributed by atoms with van der Waals surface area (Å²) in [5.41, 5.74) is 3.35. The van der Waals surface area contributed by atoms with E-state index in [2.05, 4.69) is 20.5 Å². The number of rotatable bonds is 4. The van der Waals surface area contributed by atoms with E-state index in [-0.39, 0.29) is 17.8 Å². The lowest BCUT2D eigenvalue weighted by atomic mass is 10.1. The van der Waals surface area contributed by atoms with Gasteiger partial charge in [-0.15, -0.1) is 5.10 Å². The van der Waals surface area contributed by atoms with Gasteiger partial charge in [0.1, 0.15) is 17.7 Å². The fourth-order valence-corrected chi connectivity index (χ4v) is 3.37. The molecule has 0 saturated carbocycles. The first-order valence-corrected chi connectivity index (χ1v) is 9.41. The van der Waals surface area contributed by atoms with Crippen molar-refractivity contribution in [2.75, 3.05) is 7.11 Å². The molecule has 2 aromatic heterocycles. The van der Waals surface area contributed by atoms with Crippen LogP contribution >= 0.6 is 0 Å². The molecule has 0 spiro atoms. The minimum atomic E-state index is -0.328. The van der Waals surface area contributed by atoms with Crippen LogP contribution in [-0.4, -0.2) is 32.2 Å². The number of halogens is 1. The van der Waals surface area contributed by atoms with Crippen LogP contribution in [0.25, 0.3) is 23.0 Å². The third-order valence-corrected chi connectivity index (χ3v) is 5.14. The molecule has 1 aliphatic rings. The first-order chi connectivity index (χ1) is 14.6. The highest BCUT2D eigenvalue weighted by Crippen LogP contribution is 2.31. The molecule has 30 heavy (non-hydrogen) atoms. The highest BCUT2D eigenvalue weighted by Gasteiger charge is 2.27. The lowest BCUT2D eigenvalue weighted by Crippen LogP contribution is -2.22. The van der Waals surface area contributed by atoms with Crippen molar-refractivity contribution in [1.82, 2.24) is 25.1 Å². The normalized spacial score (nSPS) is 15.8. The number of hydrogen-bond acceptors (Lipinski definition) is 7. The first-order valence-electron chi connectivity index (χ1n) is 9.41. The van der Waals surface area contributed by atoms with Crippen molar-refractivity contribution in [2.45, 2.75) is 26.2 Å². The lowest BCUT2D eigenvalue weighted by molar-refractivity contribution is -0.00114. The van der Waals surface area contributed by atoms with E-state index in [0.29, 0.717) is 35.8 Å². The van der Waals surface area contributed by atoms with Gasteiger partial charge in [0.05, 0.1) is 26.0 Å². The maximum atomic E-state index is 13.8. The molecule has 3 heterocycles. The van der Waals surface area contributed by atoms with E-state index < -0.39 is 0 Å². The van der Waals surface area contributed by atoms with Crippen LogP contribution in [0.2, 0.25) is 0 Å². The van der Waals surface area contributed by atoms with Crippen molar-refractivity contribution < 1.29 is 18.4 Å². The minimum Gasteiger partial charge on any atom is -0.497 e. The Hall–Kier alpha value is -3.59. The van der Waals surface area contributed by atoms with E-state index in [0.717, 1.165) is 17.0 Å². The van der Waals surface area contributed by atoms with Gasteiger partial charge in [-0.05, 0) is 42.3 Å². The van der Waals surface area contributed by atoms with Crippen LogP contribution in [0.4, 0.5) is 4.39 Å². The van der Waals surface area contributed by atoms with Gasteiger partial charge in [0.15, 0.2) is 5.69 Å². The molecular weight excluding hydrogens is 389 g/mol. The van der Waals surface area contributed by atoms with Crippen LogP contribution < -0.4 is 4.74 Å². The van der Waals surface area contributed by atoms with Gasteiger partial charge < -0.3 is 14.0 Å². The highest BCUT2D eigenvalue weighted by molar-refractivity contribution is 5.59. The molecule has 152 valence electrons. The van der Waals surface area contributed by atoms with Crippen LogP contribution in [0.3, 0.4) is 0 Å². The van der Waals surface area contributed by atoms with E-state index in [9.17, 15) is 4.39 Å². The summed E-state index contributed by atoms with van der Waals surface area (Å²) in [6.45, 7) is 2.52. The molecule has 0 N–H and O–H groups in total. The summed E-state index contributed by atoms with van der Waals surface area (Å²) < 4.78 is 32.2. The zero-order chi connectivity index (χ0) is 20.7. The van der Waals surface area contributed by atoms with Crippen molar-refractivity contribution >= 4 is 0 Å². The van der Waals surface area contributed by atoms with Gasteiger partial charge in [-0.1, -0.05) is 28.6 Å². The Morgan fingerprint density at radius 2 is 2.00 bits per heavy atom. The Bertz CT molecular complexity index is 1200. The second-order valence-electron chi connectivity index (χ2n) is 7.03. The van der Waals surface area contributed by atoms with Crippen molar-refractivity contribution in [3.8, 4) is 28.7 Å². The van der Waals surface area contributed by atoms with Gasteiger partial charge in [0, 0.05) is 5.56 Å². The molecule has 0 radical (unpaired) electrons. The predicted molar refractivity (Wildman–Crippen MR) is 104 cm³/mol. The van der Waals surface area contributed by atoms with Crippen LogP contribution in [0.5, 0.6) is 5.75 Å². The lowest BCUT2D eigenvalue weighted by Gasteiger charge is -2.24. The molecule has 5 rings (SSSR count). The van der Waals surface area contributed by atoms with Gasteiger partial charge in [0.2, 0.25) is 5.82 Å². The SMILES string of the molecule is COc1ccc([C@H]2Cn3nnc(-c4noc(-c5ccc(C)c(F)c5)n4)c3CO2)cc1. The summed E-state index contributed by atoms with van der Waals surface area (Å²) in [6.07, 6.45) is -0.144. The number of methoxy groups -OCH3 is 1. The molecule has 1 atom stereocenters. The second-order valence-corrected chi connectivity index (χ2v) is 7.03. The summed E-state index contributed by atoms with van der Waals surface area (Å²) in [5.74, 6) is 0.975. The fourth-order valence-electron chi connectivity index (χ4n) is 3.37. The molecule has 0 bridgehead atoms. The summed E-state index contributed by atoms with van der Waals surface area (Å²) in [4.78, 5) is 4.37. The highest BCUT2D eigenvalue weighted by atomic mass is 19.1. The van der Waals surface area contributed by atoms with Gasteiger partial charge >= 0.3 is 0 Å². The van der Waals surface area contributed by atoms with Crippen molar-refractivity contribution in [1.29, 1.82) is 0 Å². The number of aromatic nitrogens is 5. The topological polar surface area (TPSA) is 88.1 Å². The van der Waals surface area contributed by atoms with E-state index >= 15 is 0 Å². The monoisotopic (exact) mass is 407 g/mol. The van der Waals surface area contributed by atoms with Gasteiger partial charge in [-0.2, -0.15) is 4.98 Å². The maximum absolute atomic E-state index is 13.8. The molecule has 0 amide bonds. The standard InChI is InChI=1S/C21H18FN5O3/c1-12-3-4-14(9-16(12)22)21-23-20(25-30-21)19-17-11-29-18(10-27(17)26-24-19)13-5-7-15(28-2)8-6-13/h3-9,18H,10-11H2,1-2H3/t18-/m1/s1. The van der Waals surface area contributed by atoms with E-state index in [1.54, 1.807) is 30.8 Å². The Morgan fingerprint density at radius 1 is 1.17 bits per heavy atom. The molecule has 8 nitrogen and oxygen atoms in total. The predicted octanol–water partition coefficient (Wildman–Crippen LogP) is 3.72. The minimum absolute atomic E-state index is 0.144. The summed E-state index contributed by atoms with van der Waals surface area (Å²) in [6, 6.07) is 12.5. The molecule has 0 fully saturated rings. The van der Waals surface area contributed by atoms with Crippen LogP contribution in [0, 0.1) is 12.7 Å². The third-order valence-electron chi connectivity index (χ3n) is 5.14. The molecule has 4 aromatic rings. The van der Waals surface area contributed by atoms with E-state index in [1.807, 2.05) is 24.3 Å². The van der Waals surface area contributed by atoms with Crippen molar-refractivity contribution in [3.63, 3.8) is 0 Å². The molecule has 0 aliphatic carbocycles. The number of nitrogens with zero attached hydrogens (tertiary/aromatic N) is 5. The van der Waals surface area contributed by atoms with Crippen LogP contribution in [-0.2, 0) is 17.9 Å². The Balaban J connectivity index is 1.39. The number of fused-ring (bicyclic) bond motifs is 1. The van der Waals surface area contributed by atoms with Gasteiger partial charge in [0.25, 0.3) is 5.89 Å². The molecule has 0 saturated heterocycles. The molecular formula is C21H18FN5O3. The molecule has 9 heteroatoms. The average Bonchev–Trinajstić information content (AvgIpc) is 3.42. The summed E-state index contributed by atoms with van der Waals surface area (Å²) >= 11 is 0. The quantitative estimate of drug-likeness (QED) is 0.509. The Morgan fingerprint density at radius 3 is 2.77 bits per heavy atom. The van der Waals surface area contributed by atoms with E-state index in [1.165, 1.54) is 6.07 Å². The summed E-state index contributed by atoms with van der Waals surface area (Å²) in [5, 5.41) is 12.4. The average molecular weight is 407 g/mol. The number of benzene rings is 2. The zero-order valence-corrected chi connectivity index (χ0v) is 16.4. The fraction of sp³-hybridized carbons (Fsp3) is 0.238. The van der Waals surface area contributed by atoms with Crippen molar-refractivity contribution in [2.24, 2.45) is 0 Å². The zero-order valence-electron chi connectivity index (χ0n) is 16.4. The number of aryl methyl sites for hydroxylation is 1. The van der Waals surface area contributed by atoms with Crippen LogP contribution in [0.1, 0.15) is 22.9 Å². The summed E-state index contributed by atoms with van der Waals surface area (Å²) in [7, 11) is 1.63. The maximum Gasteiger partial charge on any atom is 0.258 e. The molecule has 2 aromatic carbocycles. The molecule has 1 aliphatic heterocycles. The Labute approximate surface area is 171 Å². The largest absolute Gasteiger partial charge is 0.497 e. The van der Waals surface area contributed by atoms with Crippen LogP contribution in [0.15, 0.2) is 47.0 Å². The smallest absolute Gasteiger partial charge is 0.258 e. The first kappa shape index (κ1) is 18.4. The molecule has 0 unspecified atom stereocenters. The van der Waals surface area contributed by atoms with E-state index in [4.69, 9.17) is 14.0 Å². The van der Waals surface area contributed by atoms with Gasteiger partial charge in [-0.3, -0.25) is 0 Å². The van der Waals surface area contributed by atoms with Gasteiger partial charge in [-0.25, -0.2) is 9.07 Å². The Kier molecular flexibility index (Phi) is 4.51. The van der Waals surface area contributed by atoms with Crippen molar-refractivity contribution in [3.05, 3.63) is 65.1 Å². The second kappa shape index (κ2) is 7.34. The number of ether oxygens (including phenoxy) is 2. The third kappa shape index (κ3) is 3.22.